The summed E-state index contributed by atoms with van der Waals surface area (Å²) in [5, 5.41) is 0. The summed E-state index contributed by atoms with van der Waals surface area (Å²) in [6.45, 7) is 6.40. The fourth-order valence-electron chi connectivity index (χ4n) is 7.92. The minimum absolute atomic E-state index is 0.0408. The number of hydrogen-bond acceptors (Lipinski definition) is 4. The molecule has 0 amide bonds. The van der Waals surface area contributed by atoms with Crippen LogP contribution in [0.25, 0.3) is 12.2 Å². The fraction of sp³-hybridized carbons (Fsp3) is 0.404. The molecule has 51 heavy (non-hydrogen) atoms. The number of allylic oxidation sites excluding steroid dienone is 1. The van der Waals surface area contributed by atoms with Gasteiger partial charge >= 0.3 is 0 Å². The summed E-state index contributed by atoms with van der Waals surface area (Å²) in [7, 11) is 0. The van der Waals surface area contributed by atoms with Gasteiger partial charge in [-0.2, -0.15) is 4.89 Å². The van der Waals surface area contributed by atoms with Crippen LogP contribution in [0.3, 0.4) is 0 Å². The second-order valence-electron chi connectivity index (χ2n) is 14.2. The van der Waals surface area contributed by atoms with Crippen molar-refractivity contribution in [3.8, 4) is 17.2 Å². The normalized spacial score (nSPS) is 16.3. The molecule has 0 radical (unpaired) electrons. The molecule has 6 rings (SSSR count). The molecule has 0 heterocycles. The molecule has 2 aliphatic carbocycles. The number of unbranched alkanes of at least 4 members (excludes halogenated alkanes) is 6. The largest absolute Gasteiger partial charge is 0.494 e. The molecule has 0 aromatic heterocycles. The fourth-order valence-corrected chi connectivity index (χ4v) is 7.92. The molecule has 268 valence electrons. The van der Waals surface area contributed by atoms with Gasteiger partial charge in [0.15, 0.2) is 5.75 Å². The van der Waals surface area contributed by atoms with Gasteiger partial charge in [-0.1, -0.05) is 131 Å². The number of benzene rings is 4. The molecule has 1 unspecified atom stereocenters. The van der Waals surface area contributed by atoms with Gasteiger partial charge in [0.2, 0.25) is 0 Å². The summed E-state index contributed by atoms with van der Waals surface area (Å²) in [5.74, 6) is 2.73. The molecule has 4 aromatic carbocycles. The van der Waals surface area contributed by atoms with Gasteiger partial charge < -0.3 is 14.4 Å². The summed E-state index contributed by atoms with van der Waals surface area (Å²) in [6, 6.07) is 30.1. The molecule has 0 N–H and O–H groups in total. The molecule has 1 spiro atoms. The van der Waals surface area contributed by atoms with Crippen molar-refractivity contribution in [1.82, 2.24) is 0 Å². The maximum absolute atomic E-state index is 6.11. The van der Waals surface area contributed by atoms with Crippen molar-refractivity contribution >= 4 is 12.2 Å². The zero-order valence-electron chi connectivity index (χ0n) is 30.8. The van der Waals surface area contributed by atoms with Crippen molar-refractivity contribution in [2.24, 2.45) is 0 Å². The average Bonchev–Trinajstić information content (AvgIpc) is 3.74. The van der Waals surface area contributed by atoms with Crippen LogP contribution < -0.4 is 14.4 Å². The molecule has 4 heteroatoms. The molecule has 4 nitrogen and oxygen atoms in total. The number of hydrogen-bond donors (Lipinski definition) is 0. The second kappa shape index (κ2) is 18.8. The Balaban J connectivity index is 1.06. The third-order valence-corrected chi connectivity index (χ3v) is 10.5. The van der Waals surface area contributed by atoms with Crippen LogP contribution in [-0.4, -0.2) is 19.8 Å². The van der Waals surface area contributed by atoms with E-state index in [0.717, 1.165) is 81.0 Å². The zero-order valence-corrected chi connectivity index (χ0v) is 30.8. The van der Waals surface area contributed by atoms with E-state index in [-0.39, 0.29) is 5.41 Å². The third kappa shape index (κ3) is 9.54. The van der Waals surface area contributed by atoms with Crippen LogP contribution in [0.2, 0.25) is 0 Å². The maximum Gasteiger partial charge on any atom is 0.169 e. The Morgan fingerprint density at radius 1 is 0.588 bits per heavy atom. The molecule has 0 bridgehead atoms. The van der Waals surface area contributed by atoms with Crippen molar-refractivity contribution in [1.29, 1.82) is 0 Å². The van der Waals surface area contributed by atoms with Gasteiger partial charge in [0.25, 0.3) is 0 Å². The third-order valence-electron chi connectivity index (χ3n) is 10.5. The smallest absolute Gasteiger partial charge is 0.169 e. The van der Waals surface area contributed by atoms with Gasteiger partial charge in [-0.3, -0.25) is 0 Å². The van der Waals surface area contributed by atoms with Crippen LogP contribution in [0.5, 0.6) is 17.2 Å². The van der Waals surface area contributed by atoms with Crippen molar-refractivity contribution < 1.29 is 19.2 Å². The predicted molar refractivity (Wildman–Crippen MR) is 211 cm³/mol. The van der Waals surface area contributed by atoms with Crippen LogP contribution in [0.4, 0.5) is 0 Å². The van der Waals surface area contributed by atoms with Gasteiger partial charge in [-0.25, -0.2) is 0 Å². The quantitative estimate of drug-likeness (QED) is 0.0527. The van der Waals surface area contributed by atoms with E-state index in [4.69, 9.17) is 19.2 Å². The lowest BCUT2D eigenvalue weighted by Gasteiger charge is -2.30. The Morgan fingerprint density at radius 2 is 1.16 bits per heavy atom. The standard InChI is InChI=1S/C47H56O4/c1-3-5-7-9-34-48-42-26-22-37(23-27-42)15-11-17-39-18-12-19-40-30-32-47(45(39)40)33-31-41-20-13-21-44(46(41)47)51-50-36-14-16-38-24-28-43(29-25-38)49-35-10-8-6-4-2/h11-16,18-29H,3-10,17,30-36H2,1-2H3/b15-11+,16-14?. The minimum Gasteiger partial charge on any atom is -0.494 e. The van der Waals surface area contributed by atoms with Gasteiger partial charge in [0.1, 0.15) is 18.1 Å². The van der Waals surface area contributed by atoms with E-state index in [1.807, 2.05) is 18.2 Å². The Hall–Kier alpha value is -4.28. The molecule has 4 aromatic rings. The zero-order chi connectivity index (χ0) is 35.1. The first kappa shape index (κ1) is 36.5. The first-order valence-corrected chi connectivity index (χ1v) is 19.5. The van der Waals surface area contributed by atoms with E-state index < -0.39 is 0 Å². The van der Waals surface area contributed by atoms with Gasteiger partial charge in [-0.05, 0) is 109 Å². The molecule has 0 saturated carbocycles. The van der Waals surface area contributed by atoms with Crippen molar-refractivity contribution in [3.05, 3.63) is 136 Å². The monoisotopic (exact) mass is 684 g/mol. The summed E-state index contributed by atoms with van der Waals surface area (Å²) < 4.78 is 11.8. The lowest BCUT2D eigenvalue weighted by Crippen LogP contribution is -2.24. The van der Waals surface area contributed by atoms with Crippen LogP contribution >= 0.6 is 0 Å². The van der Waals surface area contributed by atoms with Crippen LogP contribution in [0, 0.1) is 0 Å². The van der Waals surface area contributed by atoms with E-state index in [1.165, 1.54) is 71.9 Å². The second-order valence-corrected chi connectivity index (χ2v) is 14.2. The highest BCUT2D eigenvalue weighted by molar-refractivity contribution is 5.61. The molecule has 1 atom stereocenters. The highest BCUT2D eigenvalue weighted by Gasteiger charge is 2.47. The molecule has 0 aliphatic heterocycles. The van der Waals surface area contributed by atoms with Crippen LogP contribution in [0.1, 0.15) is 117 Å². The van der Waals surface area contributed by atoms with E-state index >= 15 is 0 Å². The predicted octanol–water partition coefficient (Wildman–Crippen LogP) is 12.1. The maximum atomic E-state index is 6.11. The van der Waals surface area contributed by atoms with Gasteiger partial charge in [0, 0.05) is 11.0 Å². The number of rotatable bonds is 20. The first-order valence-electron chi connectivity index (χ1n) is 19.5. The lowest BCUT2D eigenvalue weighted by molar-refractivity contribution is -0.196. The Labute approximate surface area is 306 Å². The summed E-state index contributed by atoms with van der Waals surface area (Å²) in [4.78, 5) is 11.9. The highest BCUT2D eigenvalue weighted by Crippen LogP contribution is 2.56. The van der Waals surface area contributed by atoms with Crippen molar-refractivity contribution in [3.63, 3.8) is 0 Å². The van der Waals surface area contributed by atoms with Gasteiger partial charge in [-0.15, -0.1) is 0 Å². The number of fused-ring (bicyclic) bond motifs is 4. The Morgan fingerprint density at radius 3 is 1.76 bits per heavy atom. The molecular weight excluding hydrogens is 629 g/mol. The molecule has 2 aliphatic rings. The highest BCUT2D eigenvalue weighted by atomic mass is 17.2. The summed E-state index contributed by atoms with van der Waals surface area (Å²) in [5.41, 5.74) is 9.35. The molecule has 0 fully saturated rings. The Kier molecular flexibility index (Phi) is 13.5. The topological polar surface area (TPSA) is 36.9 Å². The summed E-state index contributed by atoms with van der Waals surface area (Å²) in [6.07, 6.45) is 23.6. The molecular formula is C47H56O4. The van der Waals surface area contributed by atoms with E-state index in [1.54, 1.807) is 0 Å². The molecule has 0 saturated heterocycles. The van der Waals surface area contributed by atoms with Crippen molar-refractivity contribution in [2.45, 2.75) is 103 Å². The van der Waals surface area contributed by atoms with Crippen LogP contribution in [-0.2, 0) is 29.6 Å². The number of aryl methyl sites for hydroxylation is 2. The Bertz CT molecular complexity index is 1710. The SMILES string of the molecule is CCCCCCOc1ccc(C=CCOOc2cccc3c2C2(CCc4cccc(C/C=C/c5ccc(OCCCCCC)cc5)c42)CC3)cc1. The minimum atomic E-state index is -0.0408. The van der Waals surface area contributed by atoms with E-state index in [9.17, 15) is 0 Å². The number of ether oxygens (including phenoxy) is 2. The van der Waals surface area contributed by atoms with Crippen LogP contribution in [0.15, 0.2) is 97.1 Å². The van der Waals surface area contributed by atoms with E-state index in [0.29, 0.717) is 6.61 Å². The van der Waals surface area contributed by atoms with Gasteiger partial charge in [0.05, 0.1) is 13.2 Å². The first-order chi connectivity index (χ1) is 25.2. The average molecular weight is 685 g/mol. The van der Waals surface area contributed by atoms with Crippen molar-refractivity contribution in [2.75, 3.05) is 19.8 Å². The lowest BCUT2D eigenvalue weighted by atomic mass is 9.74. The van der Waals surface area contributed by atoms with E-state index in [2.05, 4.69) is 105 Å². The summed E-state index contributed by atoms with van der Waals surface area (Å²) >= 11 is 0.